The van der Waals surface area contributed by atoms with Crippen molar-refractivity contribution in [1.29, 1.82) is 0 Å². The summed E-state index contributed by atoms with van der Waals surface area (Å²) in [4.78, 5) is 4.99. The van der Waals surface area contributed by atoms with Crippen molar-refractivity contribution in [3.8, 4) is 0 Å². The Hall–Kier alpha value is -1.46. The summed E-state index contributed by atoms with van der Waals surface area (Å²) in [5.74, 6) is 0. The van der Waals surface area contributed by atoms with Gasteiger partial charge in [-0.3, -0.25) is 4.90 Å². The van der Waals surface area contributed by atoms with Crippen molar-refractivity contribution in [2.75, 3.05) is 55.8 Å². The number of nitrogens with two attached hydrogens (primary N) is 2. The summed E-state index contributed by atoms with van der Waals surface area (Å²) in [5, 5.41) is 0. The molecule has 2 saturated heterocycles. The van der Waals surface area contributed by atoms with Gasteiger partial charge in [-0.15, -0.1) is 0 Å². The molecule has 1 aromatic carbocycles. The molecule has 0 unspecified atom stereocenters. The molecule has 3 rings (SSSR count). The molecule has 0 amide bonds. The number of hydrogen-bond donors (Lipinski definition) is 2. The summed E-state index contributed by atoms with van der Waals surface area (Å²) in [6.07, 6.45) is 2.43. The monoisotopic (exact) mass is 276 g/mol. The average molecular weight is 276 g/mol. The lowest BCUT2D eigenvalue weighted by Gasteiger charge is -2.40. The van der Waals surface area contributed by atoms with Gasteiger partial charge in [0.2, 0.25) is 0 Å². The van der Waals surface area contributed by atoms with Crippen molar-refractivity contribution in [3.05, 3.63) is 18.2 Å². The predicted octanol–water partition coefficient (Wildman–Crippen LogP) is 1.15. The molecule has 2 aliphatic heterocycles. The van der Waals surface area contributed by atoms with Crippen molar-refractivity contribution in [3.63, 3.8) is 0 Å². The van der Waals surface area contributed by atoms with Gasteiger partial charge in [0.05, 0.1) is 24.6 Å². The van der Waals surface area contributed by atoms with Gasteiger partial charge in [-0.2, -0.15) is 0 Å². The van der Waals surface area contributed by atoms with Crippen molar-refractivity contribution >= 4 is 17.1 Å². The van der Waals surface area contributed by atoms with Crippen LogP contribution in [-0.4, -0.2) is 50.3 Å². The number of nitrogen functional groups attached to an aromatic ring is 2. The van der Waals surface area contributed by atoms with Gasteiger partial charge in [-0.05, 0) is 31.0 Å². The second-order valence-electron chi connectivity index (χ2n) is 5.68. The number of hydrogen-bond acceptors (Lipinski definition) is 5. The van der Waals surface area contributed by atoms with Crippen molar-refractivity contribution < 1.29 is 4.74 Å². The van der Waals surface area contributed by atoms with E-state index in [0.29, 0.717) is 17.4 Å². The van der Waals surface area contributed by atoms with E-state index >= 15 is 0 Å². The summed E-state index contributed by atoms with van der Waals surface area (Å²) in [6.45, 7) is 6.11. The molecule has 2 heterocycles. The van der Waals surface area contributed by atoms with Crippen molar-refractivity contribution in [1.82, 2.24) is 4.90 Å². The molecule has 5 heteroatoms. The van der Waals surface area contributed by atoms with E-state index in [1.54, 1.807) is 0 Å². The summed E-state index contributed by atoms with van der Waals surface area (Å²) in [6, 6.07) is 6.67. The number of piperidine rings is 1. The Morgan fingerprint density at radius 3 is 2.30 bits per heavy atom. The quantitative estimate of drug-likeness (QED) is 0.793. The van der Waals surface area contributed by atoms with Crippen LogP contribution in [-0.2, 0) is 4.74 Å². The van der Waals surface area contributed by atoms with E-state index < -0.39 is 0 Å². The Morgan fingerprint density at radius 1 is 0.950 bits per heavy atom. The maximum Gasteiger partial charge on any atom is 0.0594 e. The van der Waals surface area contributed by atoms with Crippen LogP contribution in [0.2, 0.25) is 0 Å². The van der Waals surface area contributed by atoms with Crippen LogP contribution in [0.5, 0.6) is 0 Å². The van der Waals surface area contributed by atoms with Gasteiger partial charge in [-0.25, -0.2) is 0 Å². The third-order valence-electron chi connectivity index (χ3n) is 4.46. The SMILES string of the molecule is Nc1ccc(N2CCC(N3CCOCC3)CC2)cc1N. The minimum absolute atomic E-state index is 0.664. The van der Waals surface area contributed by atoms with Crippen LogP contribution in [0.15, 0.2) is 18.2 Å². The van der Waals surface area contributed by atoms with E-state index in [9.17, 15) is 0 Å². The summed E-state index contributed by atoms with van der Waals surface area (Å²) in [7, 11) is 0. The van der Waals surface area contributed by atoms with E-state index in [1.807, 2.05) is 12.1 Å². The molecular formula is C15H24N4O. The van der Waals surface area contributed by atoms with Crippen LogP contribution in [0, 0.1) is 0 Å². The Morgan fingerprint density at radius 2 is 1.65 bits per heavy atom. The molecule has 2 aliphatic rings. The smallest absolute Gasteiger partial charge is 0.0594 e. The zero-order valence-electron chi connectivity index (χ0n) is 11.9. The van der Waals surface area contributed by atoms with Gasteiger partial charge in [0.1, 0.15) is 0 Å². The van der Waals surface area contributed by atoms with Crippen LogP contribution in [0.4, 0.5) is 17.1 Å². The summed E-state index contributed by atoms with van der Waals surface area (Å²) < 4.78 is 5.43. The highest BCUT2D eigenvalue weighted by atomic mass is 16.5. The first-order valence-corrected chi connectivity index (χ1v) is 7.46. The molecule has 4 N–H and O–H groups in total. The number of ether oxygens (including phenoxy) is 1. The van der Waals surface area contributed by atoms with Gasteiger partial charge in [-0.1, -0.05) is 0 Å². The lowest BCUT2D eigenvalue weighted by molar-refractivity contribution is 0.0115. The van der Waals surface area contributed by atoms with Gasteiger partial charge < -0.3 is 21.1 Å². The number of nitrogens with zero attached hydrogens (tertiary/aromatic N) is 2. The fourth-order valence-electron chi connectivity index (χ4n) is 3.19. The maximum absolute atomic E-state index is 5.90. The minimum atomic E-state index is 0.664. The Kier molecular flexibility index (Phi) is 3.98. The normalized spacial score (nSPS) is 22.1. The summed E-state index contributed by atoms with van der Waals surface area (Å²) >= 11 is 0. The molecule has 0 radical (unpaired) electrons. The van der Waals surface area contributed by atoms with Gasteiger partial charge in [0, 0.05) is 37.9 Å². The molecule has 0 aromatic heterocycles. The Balaban J connectivity index is 1.58. The lowest BCUT2D eigenvalue weighted by Crippen LogP contribution is -2.49. The molecule has 110 valence electrons. The topological polar surface area (TPSA) is 67.8 Å². The first kappa shape index (κ1) is 13.5. The van der Waals surface area contributed by atoms with Gasteiger partial charge in [0.15, 0.2) is 0 Å². The van der Waals surface area contributed by atoms with E-state index in [2.05, 4.69) is 15.9 Å². The van der Waals surface area contributed by atoms with E-state index in [4.69, 9.17) is 16.2 Å². The Labute approximate surface area is 120 Å². The highest BCUT2D eigenvalue weighted by Crippen LogP contribution is 2.27. The van der Waals surface area contributed by atoms with Crippen LogP contribution in [0.3, 0.4) is 0 Å². The molecule has 0 spiro atoms. The molecule has 1 aromatic rings. The van der Waals surface area contributed by atoms with Crippen molar-refractivity contribution in [2.45, 2.75) is 18.9 Å². The van der Waals surface area contributed by atoms with Crippen LogP contribution < -0.4 is 16.4 Å². The van der Waals surface area contributed by atoms with E-state index in [1.165, 1.54) is 18.5 Å². The summed E-state index contributed by atoms with van der Waals surface area (Å²) in [5.41, 5.74) is 14.2. The Bertz CT molecular complexity index is 451. The zero-order chi connectivity index (χ0) is 13.9. The fraction of sp³-hybridized carbons (Fsp3) is 0.600. The number of anilines is 3. The third kappa shape index (κ3) is 2.83. The molecular weight excluding hydrogens is 252 g/mol. The van der Waals surface area contributed by atoms with Crippen LogP contribution >= 0.6 is 0 Å². The molecule has 2 fully saturated rings. The standard InChI is InChI=1S/C15H24N4O/c16-14-2-1-13(11-15(14)17)18-5-3-12(4-6-18)19-7-9-20-10-8-19/h1-2,11-12H,3-10,16-17H2. The second kappa shape index (κ2) is 5.89. The lowest BCUT2D eigenvalue weighted by atomic mass is 10.0. The average Bonchev–Trinajstić information content (AvgIpc) is 2.51. The minimum Gasteiger partial charge on any atom is -0.397 e. The first-order chi connectivity index (χ1) is 9.74. The van der Waals surface area contributed by atoms with Gasteiger partial charge in [0.25, 0.3) is 0 Å². The van der Waals surface area contributed by atoms with Crippen molar-refractivity contribution in [2.24, 2.45) is 0 Å². The highest BCUT2D eigenvalue weighted by molar-refractivity contribution is 5.69. The second-order valence-corrected chi connectivity index (χ2v) is 5.68. The maximum atomic E-state index is 5.90. The van der Waals surface area contributed by atoms with E-state index in [0.717, 1.165) is 39.4 Å². The van der Waals surface area contributed by atoms with Gasteiger partial charge >= 0.3 is 0 Å². The molecule has 0 aliphatic carbocycles. The zero-order valence-corrected chi connectivity index (χ0v) is 11.9. The number of rotatable bonds is 2. The number of benzene rings is 1. The van der Waals surface area contributed by atoms with E-state index in [-0.39, 0.29) is 0 Å². The molecule has 0 bridgehead atoms. The predicted molar refractivity (Wildman–Crippen MR) is 82.9 cm³/mol. The molecule has 5 nitrogen and oxygen atoms in total. The van der Waals surface area contributed by atoms with Crippen LogP contribution in [0.1, 0.15) is 12.8 Å². The number of morpholine rings is 1. The molecule has 20 heavy (non-hydrogen) atoms. The fourth-order valence-corrected chi connectivity index (χ4v) is 3.19. The third-order valence-corrected chi connectivity index (χ3v) is 4.46. The van der Waals surface area contributed by atoms with Crippen LogP contribution in [0.25, 0.3) is 0 Å². The highest BCUT2D eigenvalue weighted by Gasteiger charge is 2.25. The molecule has 0 atom stereocenters. The largest absolute Gasteiger partial charge is 0.397 e. The first-order valence-electron chi connectivity index (χ1n) is 7.46. The molecule has 0 saturated carbocycles.